The van der Waals surface area contributed by atoms with Gasteiger partial charge in [0.25, 0.3) is 0 Å². The van der Waals surface area contributed by atoms with Crippen molar-refractivity contribution in [2.75, 3.05) is 0 Å². The fraction of sp³-hybridized carbons (Fsp3) is 0. The molecule has 0 atom stereocenters. The van der Waals surface area contributed by atoms with E-state index in [4.69, 9.17) is 0 Å². The van der Waals surface area contributed by atoms with Crippen LogP contribution >= 0.6 is 0 Å². The molecule has 0 rings (SSSR count). The van der Waals surface area contributed by atoms with E-state index in [1.165, 1.54) is 0 Å². The molecule has 0 fully saturated rings. The Morgan fingerprint density at radius 3 is 0.308 bits per heavy atom. The van der Waals surface area contributed by atoms with E-state index in [0.717, 1.165) is 0 Å². The van der Waals surface area contributed by atoms with Crippen LogP contribution in [0.15, 0.2) is 0 Å². The minimum absolute atomic E-state index is 0. The molecule has 0 aliphatic rings. The van der Waals surface area contributed by atoms with Crippen LogP contribution < -0.4 is 178 Å². The Morgan fingerprint density at radius 2 is 0.308 bits per heavy atom. The molecule has 0 aliphatic carbocycles. The molecule has 0 unspecified atom stereocenters. The maximum absolute atomic E-state index is 0. The summed E-state index contributed by atoms with van der Waals surface area (Å²) in [6, 6.07) is 0. The zero-order valence-corrected chi connectivity index (χ0v) is 19.4. The molecule has 0 aromatic rings. The molecule has 0 saturated carbocycles. The van der Waals surface area contributed by atoms with Crippen LogP contribution in [-0.2, 0) is 32.9 Å². The standard InChI is InChI=1S/2K.4Li.6O.U/q6*+1;6*-2;. The van der Waals surface area contributed by atoms with Gasteiger partial charge in [-0.05, 0) is 0 Å². The van der Waals surface area contributed by atoms with E-state index in [-0.39, 0.29) is 242 Å². The summed E-state index contributed by atoms with van der Waals surface area (Å²) in [5, 5.41) is 0. The Bertz CT molecular complexity index is 22.6. The van der Waals surface area contributed by atoms with E-state index >= 15 is 0 Å². The molecule has 0 N–H and O–H groups in total. The third-order valence-corrected chi connectivity index (χ3v) is 0. The Labute approximate surface area is 235 Å². The van der Waals surface area contributed by atoms with Crippen molar-refractivity contribution in [1.82, 2.24) is 0 Å². The third-order valence-electron chi connectivity index (χ3n) is 0. The molecule has 6 nitrogen and oxygen atoms in total. The Hall–Kier alpha value is 6.47. The predicted molar refractivity (Wildman–Crippen MR) is 4.12 cm³/mol. The maximum Gasteiger partial charge on any atom is 1.00 e. The van der Waals surface area contributed by atoms with Gasteiger partial charge in [0.2, 0.25) is 0 Å². The summed E-state index contributed by atoms with van der Waals surface area (Å²) in [5.74, 6) is 0. The molecule has 13 heavy (non-hydrogen) atoms. The third kappa shape index (κ3) is 120. The van der Waals surface area contributed by atoms with Gasteiger partial charge in [-0.1, -0.05) is 0 Å². The first-order valence-electron chi connectivity index (χ1n) is 0. The van der Waals surface area contributed by atoms with Crippen molar-refractivity contribution in [3.05, 3.63) is 0 Å². The van der Waals surface area contributed by atoms with Crippen molar-refractivity contribution in [1.29, 1.82) is 0 Å². The van der Waals surface area contributed by atoms with Gasteiger partial charge < -0.3 is 32.9 Å². The summed E-state index contributed by atoms with van der Waals surface area (Å²) < 4.78 is 0. The van der Waals surface area contributed by atoms with Gasteiger partial charge in [-0.2, -0.15) is 0 Å². The molecule has 0 aromatic carbocycles. The second-order valence-electron chi connectivity index (χ2n) is 0. The van der Waals surface area contributed by atoms with Crippen LogP contribution in [0, 0.1) is 31.1 Å². The Morgan fingerprint density at radius 1 is 0.308 bits per heavy atom. The fourth-order valence-corrected chi connectivity index (χ4v) is 0. The van der Waals surface area contributed by atoms with Crippen molar-refractivity contribution >= 4 is 0 Å². The number of hydrogen-bond donors (Lipinski definition) is 0. The average Bonchev–Trinajstić information content (AvgIpc) is 0. The van der Waals surface area contributed by atoms with Crippen LogP contribution in [0.5, 0.6) is 0 Å². The fourth-order valence-electron chi connectivity index (χ4n) is 0. The molecule has 0 radical (unpaired) electrons. The molecule has 0 saturated heterocycles. The van der Waals surface area contributed by atoms with Gasteiger partial charge in [0.1, 0.15) is 0 Å². The summed E-state index contributed by atoms with van der Waals surface area (Å²) in [6.07, 6.45) is 0. The van der Waals surface area contributed by atoms with Gasteiger partial charge >= 0.3 is 178 Å². The van der Waals surface area contributed by atoms with E-state index in [1.54, 1.807) is 0 Å². The summed E-state index contributed by atoms with van der Waals surface area (Å²) in [4.78, 5) is 0. The van der Waals surface area contributed by atoms with Crippen LogP contribution in [0.4, 0.5) is 0 Å². The maximum atomic E-state index is 0. The summed E-state index contributed by atoms with van der Waals surface area (Å²) in [5.41, 5.74) is 0. The minimum atomic E-state index is 0. The smallest absolute Gasteiger partial charge is 1.00 e. The molecular weight excluding hydrogens is 440 g/mol. The van der Waals surface area contributed by atoms with Crippen LogP contribution in [0.25, 0.3) is 0 Å². The predicted octanol–water partition coefficient (Wildman–Crippen LogP) is -18.7. The van der Waals surface area contributed by atoms with Crippen molar-refractivity contribution < 1.29 is 242 Å². The second-order valence-corrected chi connectivity index (χ2v) is 0. The first-order chi connectivity index (χ1) is 0. The SMILES string of the molecule is [K+].[K+].[Li+].[Li+].[Li+].[Li+].[O-2].[O-2].[O-2].[O-2].[O-2].[O-2].[U]. The van der Waals surface area contributed by atoms with E-state index in [0.29, 0.717) is 0 Å². The molecule has 0 bridgehead atoms. The van der Waals surface area contributed by atoms with Crippen molar-refractivity contribution in [2.45, 2.75) is 0 Å². The topological polar surface area (TPSA) is 171 Å². The van der Waals surface area contributed by atoms with E-state index in [9.17, 15) is 0 Å². The van der Waals surface area contributed by atoms with Crippen LogP contribution in [0.3, 0.4) is 0 Å². The quantitative estimate of drug-likeness (QED) is 0.326. The van der Waals surface area contributed by atoms with Crippen molar-refractivity contribution in [3.8, 4) is 0 Å². The van der Waals surface area contributed by atoms with E-state index in [2.05, 4.69) is 0 Å². The normalized spacial score (nSPS) is 0. The molecule has 13 heteroatoms. The summed E-state index contributed by atoms with van der Waals surface area (Å²) >= 11 is 0. The van der Waals surface area contributed by atoms with Gasteiger partial charge in [-0.15, -0.1) is 0 Å². The largest absolute Gasteiger partial charge is 2.00 e. The average molecular weight is 440 g/mol. The minimum Gasteiger partial charge on any atom is -2.00 e. The van der Waals surface area contributed by atoms with Crippen molar-refractivity contribution in [2.24, 2.45) is 0 Å². The molecule has 0 heterocycles. The van der Waals surface area contributed by atoms with Crippen LogP contribution in [0.1, 0.15) is 0 Å². The molecular formula is K2Li4O6U-6. The second kappa shape index (κ2) is 135. The van der Waals surface area contributed by atoms with Crippen molar-refractivity contribution in [3.63, 3.8) is 0 Å². The zero-order valence-electron chi connectivity index (χ0n) is 8.95. The summed E-state index contributed by atoms with van der Waals surface area (Å²) in [6.45, 7) is 0. The molecule has 52 valence electrons. The number of hydrogen-bond acceptors (Lipinski definition) is 0. The first-order valence-corrected chi connectivity index (χ1v) is 0. The molecule has 0 amide bonds. The first kappa shape index (κ1) is 159. The van der Waals surface area contributed by atoms with E-state index in [1.807, 2.05) is 0 Å². The van der Waals surface area contributed by atoms with Gasteiger partial charge in [-0.3, -0.25) is 0 Å². The summed E-state index contributed by atoms with van der Waals surface area (Å²) in [7, 11) is 0. The Kier molecular flexibility index (Phi) is 1640. The van der Waals surface area contributed by atoms with Gasteiger partial charge in [0.15, 0.2) is 0 Å². The zero-order chi connectivity index (χ0) is 0. The molecule has 0 aromatic heterocycles. The Balaban J connectivity index is 0. The van der Waals surface area contributed by atoms with Gasteiger partial charge in [0.05, 0.1) is 0 Å². The molecule has 0 aliphatic heterocycles. The van der Waals surface area contributed by atoms with Crippen LogP contribution in [-0.4, -0.2) is 0 Å². The van der Waals surface area contributed by atoms with E-state index < -0.39 is 0 Å². The molecule has 0 spiro atoms. The van der Waals surface area contributed by atoms with Gasteiger partial charge in [-0.25, -0.2) is 0 Å². The number of rotatable bonds is 0. The van der Waals surface area contributed by atoms with Crippen LogP contribution in [0.2, 0.25) is 0 Å². The van der Waals surface area contributed by atoms with Gasteiger partial charge in [0, 0.05) is 31.1 Å². The monoisotopic (exact) mass is 440 g/mol.